The van der Waals surface area contributed by atoms with Crippen LogP contribution in [0.5, 0.6) is 0 Å². The van der Waals surface area contributed by atoms with Gasteiger partial charge in [-0.3, -0.25) is 14.4 Å². The number of hydrogen-bond acceptors (Lipinski definition) is 4. The molecule has 7 nitrogen and oxygen atoms in total. The smallest absolute Gasteiger partial charge is 0.322 e. The van der Waals surface area contributed by atoms with Crippen molar-refractivity contribution in [1.82, 2.24) is 10.6 Å². The first-order valence-electron chi connectivity index (χ1n) is 4.50. The van der Waals surface area contributed by atoms with Crippen LogP contribution in [0.3, 0.4) is 0 Å². The fraction of sp³-hybridized carbons (Fsp3) is 0.444. The number of carbonyl (C=O) groups is 3. The van der Waals surface area contributed by atoms with E-state index in [1.54, 1.807) is 0 Å². The van der Waals surface area contributed by atoms with Crippen LogP contribution in [-0.4, -0.2) is 49.7 Å². The number of carboxylic acids is 1. The van der Waals surface area contributed by atoms with E-state index in [2.05, 4.69) is 10.6 Å². The molecule has 0 bridgehead atoms. The van der Waals surface area contributed by atoms with Crippen molar-refractivity contribution in [2.75, 3.05) is 26.8 Å². The number of rotatable bonds is 7. The molecule has 0 spiro atoms. The van der Waals surface area contributed by atoms with E-state index in [0.29, 0.717) is 13.2 Å². The van der Waals surface area contributed by atoms with Crippen molar-refractivity contribution in [3.8, 4) is 0 Å². The lowest BCUT2D eigenvalue weighted by molar-refractivity contribution is -0.137. The lowest BCUT2D eigenvalue weighted by atomic mass is 10.4. The largest absolute Gasteiger partial charge is 0.480 e. The molecule has 0 rings (SSSR count). The molecule has 7 heteroatoms. The molecule has 0 aliphatic heterocycles. The summed E-state index contributed by atoms with van der Waals surface area (Å²) in [5.74, 6) is -2.22. The Balaban J connectivity index is 3.75. The van der Waals surface area contributed by atoms with E-state index in [1.165, 1.54) is 7.11 Å². The van der Waals surface area contributed by atoms with E-state index in [9.17, 15) is 14.4 Å². The molecule has 0 saturated heterocycles. The maximum absolute atomic E-state index is 11.0. The zero-order valence-corrected chi connectivity index (χ0v) is 8.86. The number of nitrogens with one attached hydrogen (secondary N) is 2. The molecule has 90 valence electrons. The van der Waals surface area contributed by atoms with E-state index in [1.807, 2.05) is 0 Å². The number of carboxylic acid groups (broad SMARTS) is 1. The minimum atomic E-state index is -1.15. The molecule has 16 heavy (non-hydrogen) atoms. The van der Waals surface area contributed by atoms with E-state index in [0.717, 1.165) is 12.2 Å². The number of carbonyl (C=O) groups excluding carboxylic acids is 2. The summed E-state index contributed by atoms with van der Waals surface area (Å²) in [6, 6.07) is 0. The highest BCUT2D eigenvalue weighted by atomic mass is 16.5. The van der Waals surface area contributed by atoms with Crippen LogP contribution >= 0.6 is 0 Å². The zero-order chi connectivity index (χ0) is 12.4. The lowest BCUT2D eigenvalue weighted by Crippen LogP contribution is -2.29. The summed E-state index contributed by atoms with van der Waals surface area (Å²) in [5.41, 5.74) is 0. The van der Waals surface area contributed by atoms with Crippen molar-refractivity contribution in [2.24, 2.45) is 0 Å². The monoisotopic (exact) mass is 230 g/mol. The van der Waals surface area contributed by atoms with Crippen LogP contribution in [0, 0.1) is 0 Å². The van der Waals surface area contributed by atoms with Gasteiger partial charge in [0, 0.05) is 25.8 Å². The quantitative estimate of drug-likeness (QED) is 0.365. The SMILES string of the molecule is COCCNC(=O)/C=C/C(=O)NCC(=O)O. The second kappa shape index (κ2) is 8.42. The predicted molar refractivity (Wildman–Crippen MR) is 54.7 cm³/mol. The normalized spacial score (nSPS) is 10.1. The molecule has 0 aliphatic rings. The van der Waals surface area contributed by atoms with E-state index in [-0.39, 0.29) is 0 Å². The summed E-state index contributed by atoms with van der Waals surface area (Å²) in [6.45, 7) is 0.246. The second-order valence-corrected chi connectivity index (χ2v) is 2.73. The first-order chi connectivity index (χ1) is 7.56. The van der Waals surface area contributed by atoms with Gasteiger partial charge in [0.25, 0.3) is 0 Å². The van der Waals surface area contributed by atoms with Crippen LogP contribution in [0.15, 0.2) is 12.2 Å². The van der Waals surface area contributed by atoms with Gasteiger partial charge in [-0.15, -0.1) is 0 Å². The standard InChI is InChI=1S/C9H14N2O5/c1-16-5-4-10-7(12)2-3-8(13)11-6-9(14)15/h2-3H,4-6H2,1H3,(H,10,12)(H,11,13)(H,14,15)/b3-2+. The summed E-state index contributed by atoms with van der Waals surface area (Å²) in [4.78, 5) is 32.0. The van der Waals surface area contributed by atoms with Gasteiger partial charge < -0.3 is 20.5 Å². The highest BCUT2D eigenvalue weighted by Crippen LogP contribution is 1.76. The van der Waals surface area contributed by atoms with Crippen LogP contribution in [0.25, 0.3) is 0 Å². The summed E-state index contributed by atoms with van der Waals surface area (Å²) in [5, 5.41) is 12.8. The van der Waals surface area contributed by atoms with Crippen molar-refractivity contribution in [3.63, 3.8) is 0 Å². The zero-order valence-electron chi connectivity index (χ0n) is 8.86. The Morgan fingerprint density at radius 3 is 2.25 bits per heavy atom. The fourth-order valence-corrected chi connectivity index (χ4v) is 0.708. The Morgan fingerprint density at radius 2 is 1.75 bits per heavy atom. The number of amides is 2. The van der Waals surface area contributed by atoms with Gasteiger partial charge in [-0.2, -0.15) is 0 Å². The van der Waals surface area contributed by atoms with Gasteiger partial charge in [0.2, 0.25) is 11.8 Å². The van der Waals surface area contributed by atoms with Crippen molar-refractivity contribution in [2.45, 2.75) is 0 Å². The van der Waals surface area contributed by atoms with E-state index < -0.39 is 24.3 Å². The second-order valence-electron chi connectivity index (χ2n) is 2.73. The van der Waals surface area contributed by atoms with Gasteiger partial charge in [-0.05, 0) is 0 Å². The fourth-order valence-electron chi connectivity index (χ4n) is 0.708. The van der Waals surface area contributed by atoms with Crippen LogP contribution < -0.4 is 10.6 Å². The first-order valence-corrected chi connectivity index (χ1v) is 4.50. The Labute approximate surface area is 92.5 Å². The summed E-state index contributed by atoms with van der Waals surface area (Å²) < 4.78 is 4.70. The van der Waals surface area contributed by atoms with Crippen molar-refractivity contribution in [3.05, 3.63) is 12.2 Å². The third kappa shape index (κ3) is 8.70. The maximum atomic E-state index is 11.0. The van der Waals surface area contributed by atoms with Crippen LogP contribution in [0.4, 0.5) is 0 Å². The molecular weight excluding hydrogens is 216 g/mol. The predicted octanol–water partition coefficient (Wildman–Crippen LogP) is -1.49. The van der Waals surface area contributed by atoms with E-state index >= 15 is 0 Å². The van der Waals surface area contributed by atoms with Crippen molar-refractivity contribution >= 4 is 17.8 Å². The highest BCUT2D eigenvalue weighted by molar-refractivity contribution is 5.97. The Hall–Kier alpha value is -1.89. The van der Waals surface area contributed by atoms with Gasteiger partial charge in [0.05, 0.1) is 6.61 Å². The molecule has 0 radical (unpaired) electrons. The van der Waals surface area contributed by atoms with Gasteiger partial charge >= 0.3 is 5.97 Å². The Kier molecular flexibility index (Phi) is 7.43. The highest BCUT2D eigenvalue weighted by Gasteiger charge is 2.00. The molecule has 3 N–H and O–H groups in total. The molecule has 0 heterocycles. The summed E-state index contributed by atoms with van der Waals surface area (Å²) >= 11 is 0. The lowest BCUT2D eigenvalue weighted by Gasteiger charge is -2.00. The Bertz CT molecular complexity index is 288. The molecule has 0 aromatic rings. The minimum absolute atomic E-state index is 0.344. The number of hydrogen-bond donors (Lipinski definition) is 3. The van der Waals surface area contributed by atoms with Crippen LogP contribution in [-0.2, 0) is 19.1 Å². The summed E-state index contributed by atoms with van der Waals surface area (Å²) in [7, 11) is 1.50. The third-order valence-electron chi connectivity index (χ3n) is 1.41. The number of methoxy groups -OCH3 is 1. The Morgan fingerprint density at radius 1 is 1.19 bits per heavy atom. The van der Waals surface area contributed by atoms with Crippen molar-refractivity contribution < 1.29 is 24.2 Å². The molecule has 0 saturated carbocycles. The topological polar surface area (TPSA) is 105 Å². The maximum Gasteiger partial charge on any atom is 0.322 e. The van der Waals surface area contributed by atoms with Crippen molar-refractivity contribution in [1.29, 1.82) is 0 Å². The molecule has 0 fully saturated rings. The average molecular weight is 230 g/mol. The molecular formula is C9H14N2O5. The molecule has 0 aromatic heterocycles. The van der Waals surface area contributed by atoms with Gasteiger partial charge in [-0.25, -0.2) is 0 Å². The average Bonchev–Trinajstić information content (AvgIpc) is 2.24. The summed E-state index contributed by atoms with van der Waals surface area (Å²) in [6.07, 6.45) is 1.98. The molecule has 0 aliphatic carbocycles. The molecule has 0 aromatic carbocycles. The van der Waals surface area contributed by atoms with Crippen LogP contribution in [0.1, 0.15) is 0 Å². The number of aliphatic carboxylic acids is 1. The van der Waals surface area contributed by atoms with E-state index in [4.69, 9.17) is 9.84 Å². The van der Waals surface area contributed by atoms with Gasteiger partial charge in [-0.1, -0.05) is 0 Å². The molecule has 2 amide bonds. The van der Waals surface area contributed by atoms with Gasteiger partial charge in [0.1, 0.15) is 6.54 Å². The van der Waals surface area contributed by atoms with Gasteiger partial charge in [0.15, 0.2) is 0 Å². The molecule has 0 unspecified atom stereocenters. The third-order valence-corrected chi connectivity index (χ3v) is 1.41. The van der Waals surface area contributed by atoms with Crippen LogP contribution in [0.2, 0.25) is 0 Å². The first kappa shape index (κ1) is 14.1. The molecule has 0 atom stereocenters. The number of ether oxygens (including phenoxy) is 1. The minimum Gasteiger partial charge on any atom is -0.480 e.